The largest absolute Gasteiger partial charge is 0.428 e. The predicted molar refractivity (Wildman–Crippen MR) is 51.7 cm³/mol. The Morgan fingerprint density at radius 1 is 1.58 bits per heavy atom. The summed E-state index contributed by atoms with van der Waals surface area (Å²) in [6, 6.07) is 4.97. The summed E-state index contributed by atoms with van der Waals surface area (Å²) in [7, 11) is 0. The van der Waals surface area contributed by atoms with Gasteiger partial charge in [0.15, 0.2) is 0 Å². The third-order valence-corrected chi connectivity index (χ3v) is 1.99. The molecule has 1 aromatic heterocycles. The Kier molecular flexibility index (Phi) is 3.53. The van der Waals surface area contributed by atoms with Crippen molar-refractivity contribution >= 4 is 15.9 Å². The van der Waals surface area contributed by atoms with Crippen molar-refractivity contribution in [1.29, 1.82) is 0 Å². The maximum atomic E-state index is 10.8. The van der Waals surface area contributed by atoms with Crippen LogP contribution >= 0.6 is 15.9 Å². The molecule has 3 heteroatoms. The van der Waals surface area contributed by atoms with Gasteiger partial charge in [-0.25, -0.2) is 4.79 Å². The second-order valence-electron chi connectivity index (χ2n) is 2.73. The molecule has 0 amide bonds. The van der Waals surface area contributed by atoms with Gasteiger partial charge in [-0.1, -0.05) is 28.9 Å². The van der Waals surface area contributed by atoms with Crippen molar-refractivity contribution in [3.63, 3.8) is 0 Å². The van der Waals surface area contributed by atoms with Crippen molar-refractivity contribution in [3.05, 3.63) is 34.4 Å². The highest BCUT2D eigenvalue weighted by atomic mass is 79.9. The maximum Gasteiger partial charge on any atom is 0.335 e. The van der Waals surface area contributed by atoms with Crippen LogP contribution in [0.1, 0.15) is 19.1 Å². The van der Waals surface area contributed by atoms with Crippen molar-refractivity contribution in [2.24, 2.45) is 0 Å². The molecule has 0 fully saturated rings. The molecular formula is C9H11BrO2. The zero-order valence-corrected chi connectivity index (χ0v) is 8.50. The average molecular weight is 231 g/mol. The molecule has 2 nitrogen and oxygen atoms in total. The van der Waals surface area contributed by atoms with Gasteiger partial charge in [0, 0.05) is 17.3 Å². The normalized spacial score (nSPS) is 12.8. The van der Waals surface area contributed by atoms with E-state index >= 15 is 0 Å². The molecular weight excluding hydrogens is 220 g/mol. The molecule has 0 N–H and O–H groups in total. The van der Waals surface area contributed by atoms with E-state index in [1.54, 1.807) is 6.07 Å². The minimum Gasteiger partial charge on any atom is -0.428 e. The smallest absolute Gasteiger partial charge is 0.335 e. The van der Waals surface area contributed by atoms with Crippen molar-refractivity contribution in [2.45, 2.75) is 24.6 Å². The van der Waals surface area contributed by atoms with Gasteiger partial charge in [0.2, 0.25) is 0 Å². The fraction of sp³-hybridized carbons (Fsp3) is 0.444. The molecule has 0 spiro atoms. The number of aryl methyl sites for hydroxylation is 1. The molecule has 1 unspecified atom stereocenters. The van der Waals surface area contributed by atoms with E-state index in [0.717, 1.165) is 18.6 Å². The second-order valence-corrected chi connectivity index (χ2v) is 4.30. The number of hydrogen-bond donors (Lipinski definition) is 0. The molecule has 0 aromatic carbocycles. The van der Waals surface area contributed by atoms with Crippen molar-refractivity contribution < 1.29 is 4.42 Å². The van der Waals surface area contributed by atoms with Crippen molar-refractivity contribution in [2.75, 3.05) is 0 Å². The number of hydrogen-bond acceptors (Lipinski definition) is 2. The third kappa shape index (κ3) is 3.22. The minimum atomic E-state index is -0.269. The Balaban J connectivity index is 2.58. The van der Waals surface area contributed by atoms with Gasteiger partial charge in [0.1, 0.15) is 5.76 Å². The highest BCUT2D eigenvalue weighted by Gasteiger charge is 1.99. The quantitative estimate of drug-likeness (QED) is 0.747. The average Bonchev–Trinajstić information content (AvgIpc) is 2.01. The molecule has 1 atom stereocenters. The Labute approximate surface area is 79.7 Å². The van der Waals surface area contributed by atoms with Crippen molar-refractivity contribution in [3.8, 4) is 0 Å². The first-order chi connectivity index (χ1) is 5.68. The summed E-state index contributed by atoms with van der Waals surface area (Å²) in [5.41, 5.74) is -0.269. The van der Waals surface area contributed by atoms with E-state index < -0.39 is 0 Å². The summed E-state index contributed by atoms with van der Waals surface area (Å²) in [5, 5.41) is 0. The van der Waals surface area contributed by atoms with Gasteiger partial charge in [-0.05, 0) is 12.5 Å². The topological polar surface area (TPSA) is 30.2 Å². The van der Waals surface area contributed by atoms with E-state index in [0.29, 0.717) is 4.83 Å². The maximum absolute atomic E-state index is 10.8. The van der Waals surface area contributed by atoms with Crippen LogP contribution in [0.4, 0.5) is 0 Å². The lowest BCUT2D eigenvalue weighted by Crippen LogP contribution is -2.00. The summed E-state index contributed by atoms with van der Waals surface area (Å²) in [6.07, 6.45) is 1.79. The molecule has 66 valence electrons. The highest BCUT2D eigenvalue weighted by Crippen LogP contribution is 2.08. The summed E-state index contributed by atoms with van der Waals surface area (Å²) in [6.45, 7) is 2.07. The van der Waals surface area contributed by atoms with Crippen molar-refractivity contribution in [1.82, 2.24) is 0 Å². The lowest BCUT2D eigenvalue weighted by atomic mass is 10.2. The van der Waals surface area contributed by atoms with E-state index in [4.69, 9.17) is 4.42 Å². The van der Waals surface area contributed by atoms with Crippen LogP contribution in [0.2, 0.25) is 0 Å². The number of halogens is 1. The van der Waals surface area contributed by atoms with E-state index in [1.807, 2.05) is 6.07 Å². The van der Waals surface area contributed by atoms with Gasteiger partial charge < -0.3 is 4.42 Å². The predicted octanol–water partition coefficient (Wildman–Crippen LogP) is 2.36. The molecule has 0 saturated carbocycles. The first-order valence-corrected chi connectivity index (χ1v) is 4.83. The zero-order valence-electron chi connectivity index (χ0n) is 6.92. The van der Waals surface area contributed by atoms with Crippen LogP contribution in [0.15, 0.2) is 27.4 Å². The Morgan fingerprint density at radius 2 is 2.33 bits per heavy atom. The van der Waals surface area contributed by atoms with E-state index in [-0.39, 0.29) is 5.63 Å². The van der Waals surface area contributed by atoms with Crippen LogP contribution < -0.4 is 5.63 Å². The summed E-state index contributed by atoms with van der Waals surface area (Å²) >= 11 is 3.43. The molecule has 0 saturated heterocycles. The first kappa shape index (κ1) is 9.52. The molecule has 0 aliphatic carbocycles. The van der Waals surface area contributed by atoms with Crippen LogP contribution in [-0.2, 0) is 6.42 Å². The molecule has 12 heavy (non-hydrogen) atoms. The fourth-order valence-electron chi connectivity index (χ4n) is 0.907. The van der Waals surface area contributed by atoms with Gasteiger partial charge in [0.05, 0.1) is 0 Å². The van der Waals surface area contributed by atoms with Gasteiger partial charge in [0.25, 0.3) is 0 Å². The fourth-order valence-corrected chi connectivity index (χ4v) is 1.14. The SMILES string of the molecule is CC(Br)CCc1cccc(=O)o1. The van der Waals surface area contributed by atoms with Gasteiger partial charge in [-0.15, -0.1) is 0 Å². The van der Waals surface area contributed by atoms with E-state index in [9.17, 15) is 4.79 Å². The molecule has 1 rings (SSSR count). The molecule has 0 aliphatic heterocycles. The third-order valence-electron chi connectivity index (χ3n) is 1.53. The van der Waals surface area contributed by atoms with Gasteiger partial charge in [-0.3, -0.25) is 0 Å². The molecule has 1 aromatic rings. The Hall–Kier alpha value is -0.570. The van der Waals surface area contributed by atoms with E-state index in [1.165, 1.54) is 6.07 Å². The zero-order chi connectivity index (χ0) is 8.97. The van der Waals surface area contributed by atoms with Crippen LogP contribution in [0.25, 0.3) is 0 Å². The first-order valence-electron chi connectivity index (χ1n) is 3.91. The number of alkyl halides is 1. The minimum absolute atomic E-state index is 0.269. The van der Waals surface area contributed by atoms with Gasteiger partial charge >= 0.3 is 5.63 Å². The number of rotatable bonds is 3. The highest BCUT2D eigenvalue weighted by molar-refractivity contribution is 9.09. The lowest BCUT2D eigenvalue weighted by Gasteiger charge is -2.00. The van der Waals surface area contributed by atoms with Crippen LogP contribution in [0.5, 0.6) is 0 Å². The molecule has 0 aliphatic rings. The molecule has 0 bridgehead atoms. The Bertz CT molecular complexity index is 291. The van der Waals surface area contributed by atoms with Gasteiger partial charge in [-0.2, -0.15) is 0 Å². The van der Waals surface area contributed by atoms with E-state index in [2.05, 4.69) is 22.9 Å². The van der Waals surface area contributed by atoms with Crippen LogP contribution in [-0.4, -0.2) is 4.83 Å². The summed E-state index contributed by atoms with van der Waals surface area (Å²) in [4.78, 5) is 11.2. The monoisotopic (exact) mass is 230 g/mol. The molecule has 0 radical (unpaired) electrons. The standard InChI is InChI=1S/C9H11BrO2/c1-7(10)5-6-8-3-2-4-9(11)12-8/h2-4,7H,5-6H2,1H3. The van der Waals surface area contributed by atoms with Crippen LogP contribution in [0.3, 0.4) is 0 Å². The summed E-state index contributed by atoms with van der Waals surface area (Å²) < 4.78 is 4.95. The van der Waals surface area contributed by atoms with Crippen LogP contribution in [0, 0.1) is 0 Å². The molecule has 1 heterocycles. The Morgan fingerprint density at radius 3 is 2.92 bits per heavy atom. The lowest BCUT2D eigenvalue weighted by molar-refractivity contribution is 0.454. The summed E-state index contributed by atoms with van der Waals surface area (Å²) in [5.74, 6) is 0.758. The second kappa shape index (κ2) is 4.45.